The Bertz CT molecular complexity index is 1320. The summed E-state index contributed by atoms with van der Waals surface area (Å²) >= 11 is 3.46. The zero-order valence-corrected chi connectivity index (χ0v) is 27.4. The number of halogens is 4. The van der Waals surface area contributed by atoms with Crippen molar-refractivity contribution in [2.24, 2.45) is 17.1 Å². The lowest BCUT2D eigenvalue weighted by molar-refractivity contribution is -0.169. The maximum atomic E-state index is 12.2. The summed E-state index contributed by atoms with van der Waals surface area (Å²) in [5, 5.41) is 13.6. The second-order valence-electron chi connectivity index (χ2n) is 12.1. The van der Waals surface area contributed by atoms with Gasteiger partial charge in [0.05, 0.1) is 24.2 Å². The van der Waals surface area contributed by atoms with E-state index in [4.69, 9.17) is 9.53 Å². The van der Waals surface area contributed by atoms with Crippen molar-refractivity contribution in [1.82, 2.24) is 15.2 Å². The Morgan fingerprint density at radius 3 is 2.28 bits per heavy atom. The van der Waals surface area contributed by atoms with Crippen LogP contribution in [0.3, 0.4) is 0 Å². The molecule has 1 aliphatic rings. The molecule has 3 N–H and O–H groups in total. The molecule has 1 fully saturated rings. The van der Waals surface area contributed by atoms with Gasteiger partial charge in [0.15, 0.2) is 0 Å². The third kappa shape index (κ3) is 12.5. The highest BCUT2D eigenvalue weighted by atomic mass is 79.9. The Balaban J connectivity index is 0.000000354. The second-order valence-corrected chi connectivity index (χ2v) is 13.0. The average Bonchev–Trinajstić information content (AvgIpc) is 3.13. The van der Waals surface area contributed by atoms with Crippen LogP contribution in [0.5, 0.6) is 0 Å². The minimum Gasteiger partial charge on any atom is -0.372 e. The molecule has 13 heteroatoms. The van der Waals surface area contributed by atoms with Gasteiger partial charge in [0.2, 0.25) is 11.8 Å². The molecule has 9 nitrogen and oxygen atoms in total. The molecule has 0 aliphatic carbocycles. The molecule has 1 aliphatic heterocycles. The van der Waals surface area contributed by atoms with Crippen LogP contribution in [0, 0.1) is 22.7 Å². The summed E-state index contributed by atoms with van der Waals surface area (Å²) in [6.07, 6.45) is -1.06. The van der Waals surface area contributed by atoms with Gasteiger partial charge in [-0.05, 0) is 45.1 Å². The van der Waals surface area contributed by atoms with Gasteiger partial charge in [-0.25, -0.2) is 0 Å². The number of nitrogens with one attached hydrogen (secondary N) is 1. The number of nitriles is 1. The molecule has 43 heavy (non-hydrogen) atoms. The number of hydrogen-bond acceptors (Lipinski definition) is 6. The Kier molecular flexibility index (Phi) is 13.6. The quantitative estimate of drug-likeness (QED) is 0.411. The van der Waals surface area contributed by atoms with Crippen LogP contribution in [0.25, 0.3) is 10.8 Å². The number of fused-ring (bicyclic) bond motifs is 1. The van der Waals surface area contributed by atoms with E-state index in [1.807, 2.05) is 50.8 Å². The van der Waals surface area contributed by atoms with Crippen molar-refractivity contribution in [3.63, 3.8) is 0 Å². The summed E-state index contributed by atoms with van der Waals surface area (Å²) in [5.74, 6) is -1.71. The van der Waals surface area contributed by atoms with E-state index in [0.29, 0.717) is 17.9 Å². The molecule has 1 aromatic carbocycles. The summed E-state index contributed by atoms with van der Waals surface area (Å²) in [6.45, 7) is 17.9. The smallest absolute Gasteiger partial charge is 0.372 e. The van der Waals surface area contributed by atoms with Gasteiger partial charge >= 0.3 is 12.1 Å². The van der Waals surface area contributed by atoms with Crippen molar-refractivity contribution in [3.05, 3.63) is 40.6 Å². The number of ether oxygens (including phenoxy) is 1. The molecule has 1 saturated heterocycles. The molecule has 3 rings (SSSR count). The number of likely N-dealkylation sites (tertiary alicyclic amines) is 1. The summed E-state index contributed by atoms with van der Waals surface area (Å²) in [6, 6.07) is 7.09. The Morgan fingerprint density at radius 2 is 1.84 bits per heavy atom. The van der Waals surface area contributed by atoms with Crippen LogP contribution in [0.4, 0.5) is 13.2 Å². The van der Waals surface area contributed by atoms with E-state index in [2.05, 4.69) is 58.8 Å². The number of pyridine rings is 1. The highest BCUT2D eigenvalue weighted by molar-refractivity contribution is 9.10. The fourth-order valence-electron chi connectivity index (χ4n) is 4.32. The maximum absolute atomic E-state index is 12.2. The number of nitrogens with zero attached hydrogens (tertiary/aromatic N) is 3. The van der Waals surface area contributed by atoms with Crippen molar-refractivity contribution in [1.29, 1.82) is 5.26 Å². The van der Waals surface area contributed by atoms with Gasteiger partial charge in [-0.15, -0.1) is 0 Å². The predicted octanol–water partition coefficient (Wildman–Crippen LogP) is 5.82. The van der Waals surface area contributed by atoms with Crippen LogP contribution in [0.1, 0.15) is 73.4 Å². The number of rotatable bonds is 5. The molecule has 1 aromatic heterocycles. The van der Waals surface area contributed by atoms with Crippen LogP contribution in [-0.2, 0) is 19.1 Å². The predicted molar refractivity (Wildman–Crippen MR) is 161 cm³/mol. The van der Waals surface area contributed by atoms with Crippen molar-refractivity contribution >= 4 is 44.4 Å². The van der Waals surface area contributed by atoms with Crippen molar-refractivity contribution in [2.75, 3.05) is 13.1 Å². The molecule has 3 amide bonds. The van der Waals surface area contributed by atoms with Crippen molar-refractivity contribution < 1.29 is 32.3 Å². The lowest BCUT2D eigenvalue weighted by Crippen LogP contribution is -2.35. The highest BCUT2D eigenvalue weighted by Crippen LogP contribution is 2.35. The fraction of sp³-hybridized carbons (Fsp3) is 0.567. The largest absolute Gasteiger partial charge is 0.470 e. The first-order chi connectivity index (χ1) is 19.6. The van der Waals surface area contributed by atoms with Gasteiger partial charge in [-0.2, -0.15) is 18.4 Å². The Morgan fingerprint density at radius 1 is 1.26 bits per heavy atom. The first-order valence-electron chi connectivity index (χ1n) is 13.6. The lowest BCUT2D eigenvalue weighted by Gasteiger charge is -2.26. The van der Waals surface area contributed by atoms with Gasteiger partial charge in [0.1, 0.15) is 6.04 Å². The van der Waals surface area contributed by atoms with E-state index in [0.717, 1.165) is 28.3 Å². The summed E-state index contributed by atoms with van der Waals surface area (Å²) < 4.78 is 38.8. The molecule has 238 valence electrons. The van der Waals surface area contributed by atoms with E-state index in [1.165, 1.54) is 6.92 Å². The first-order valence-corrected chi connectivity index (χ1v) is 14.4. The Hall–Kier alpha value is -3.24. The first kappa shape index (κ1) is 37.8. The molecular weight excluding hydrogens is 631 g/mol. The van der Waals surface area contributed by atoms with Gasteiger partial charge < -0.3 is 20.7 Å². The highest BCUT2D eigenvalue weighted by Gasteiger charge is 2.38. The molecule has 0 saturated carbocycles. The van der Waals surface area contributed by atoms with E-state index in [-0.39, 0.29) is 28.9 Å². The molecular formula is C30H41BrF3N5O4. The van der Waals surface area contributed by atoms with Gasteiger partial charge in [-0.3, -0.25) is 19.4 Å². The molecule has 2 unspecified atom stereocenters. The zero-order valence-electron chi connectivity index (χ0n) is 25.8. The normalized spacial score (nSPS) is 17.4. The van der Waals surface area contributed by atoms with Crippen LogP contribution in [-0.4, -0.2) is 58.6 Å². The molecule has 0 spiro atoms. The minimum absolute atomic E-state index is 0.0171. The number of primary amides is 1. The minimum atomic E-state index is -4.86. The number of alkyl halides is 3. The molecule has 0 radical (unpaired) electrons. The average molecular weight is 673 g/mol. The number of nitrogens with two attached hydrogens (primary N) is 1. The van der Waals surface area contributed by atoms with Crippen LogP contribution in [0.15, 0.2) is 35.1 Å². The standard InChI is InChI=1S/C15H29NO2.C13H10BrN3O.C2H2F3NO/c1-11-9-16(10-15(11,6)7)13(17)8-12(2)18-14(3,4)5;1-8(18)17-12(5-15)10-7-16-6-9-3-2-4-11(14)13(9)10;3-2(4,5)1(6)7/h11-12H,8-10H2,1-7H3;2-4,6-7,12H,1H3,(H,17,18);(H2,6,7)/t11?,12-;;/m1../s1. The number of hydrogen-bond donors (Lipinski definition) is 2. The Labute approximate surface area is 259 Å². The molecule has 2 heterocycles. The number of benzene rings is 1. The number of carbonyl (C=O) groups is 3. The molecule has 2 aromatic rings. The maximum Gasteiger partial charge on any atom is 0.470 e. The fourth-order valence-corrected chi connectivity index (χ4v) is 4.93. The van der Waals surface area contributed by atoms with E-state index < -0.39 is 18.1 Å². The third-order valence-corrected chi connectivity index (χ3v) is 7.29. The lowest BCUT2D eigenvalue weighted by atomic mass is 9.84. The molecule has 0 bridgehead atoms. The van der Waals surface area contributed by atoms with Crippen molar-refractivity contribution in [2.45, 2.75) is 85.7 Å². The summed E-state index contributed by atoms with van der Waals surface area (Å²) in [7, 11) is 0. The van der Waals surface area contributed by atoms with Gasteiger partial charge in [0, 0.05) is 53.2 Å². The zero-order chi connectivity index (χ0) is 33.3. The number of carbonyl (C=O) groups excluding carboxylic acids is 3. The number of aromatic nitrogens is 1. The van der Waals surface area contributed by atoms with E-state index in [1.54, 1.807) is 12.4 Å². The van der Waals surface area contributed by atoms with E-state index >= 15 is 0 Å². The monoisotopic (exact) mass is 671 g/mol. The molecule has 3 atom stereocenters. The second kappa shape index (κ2) is 15.5. The van der Waals surface area contributed by atoms with Gasteiger partial charge in [-0.1, -0.05) is 48.8 Å². The van der Waals surface area contributed by atoms with Crippen LogP contribution >= 0.6 is 15.9 Å². The van der Waals surface area contributed by atoms with Crippen LogP contribution < -0.4 is 11.1 Å². The summed E-state index contributed by atoms with van der Waals surface area (Å²) in [4.78, 5) is 38.6. The van der Waals surface area contributed by atoms with Crippen LogP contribution in [0.2, 0.25) is 0 Å². The number of amides is 3. The van der Waals surface area contributed by atoms with Gasteiger partial charge in [0.25, 0.3) is 0 Å². The SMILES string of the molecule is CC(=O)NC(C#N)c1cncc2cccc(Br)c12.CC1CN(C(=O)C[C@@H](C)OC(C)(C)C)CC1(C)C.NC(=O)C(F)(F)F. The third-order valence-electron chi connectivity index (χ3n) is 6.63. The summed E-state index contributed by atoms with van der Waals surface area (Å²) in [5.41, 5.74) is 4.55. The topological polar surface area (TPSA) is 138 Å². The van der Waals surface area contributed by atoms with Crippen molar-refractivity contribution in [3.8, 4) is 6.07 Å². The van der Waals surface area contributed by atoms with E-state index in [9.17, 15) is 28.0 Å².